The van der Waals surface area contributed by atoms with Crippen molar-refractivity contribution >= 4 is 5.91 Å². The quantitative estimate of drug-likeness (QED) is 0.604. The van der Waals surface area contributed by atoms with E-state index < -0.39 is 23.4 Å². The van der Waals surface area contributed by atoms with Crippen LogP contribution in [-0.4, -0.2) is 57.8 Å². The molecule has 0 aromatic carbocycles. The van der Waals surface area contributed by atoms with Crippen LogP contribution in [0.5, 0.6) is 0 Å². The summed E-state index contributed by atoms with van der Waals surface area (Å²) in [5.74, 6) is -0.292. The summed E-state index contributed by atoms with van der Waals surface area (Å²) in [5, 5.41) is 9.76. The molecule has 8 heteroatoms. The maximum absolute atomic E-state index is 12.2. The average molecular weight is 283 g/mol. The number of carbonyl (C=O) groups excluding carboxylic acids is 1. The third-order valence-electron chi connectivity index (χ3n) is 3.32. The molecule has 2 heterocycles. The summed E-state index contributed by atoms with van der Waals surface area (Å²) in [6, 6.07) is -0.394. The number of likely N-dealkylation sites (N-methyl/N-ethyl adjacent to an activating group) is 1. The van der Waals surface area contributed by atoms with E-state index in [1.807, 2.05) is 0 Å². The van der Waals surface area contributed by atoms with Gasteiger partial charge in [-0.2, -0.15) is 0 Å². The highest BCUT2D eigenvalue weighted by Crippen LogP contribution is 2.14. The van der Waals surface area contributed by atoms with Crippen LogP contribution < -0.4 is 11.2 Å². The van der Waals surface area contributed by atoms with Gasteiger partial charge in [0, 0.05) is 18.3 Å². The van der Waals surface area contributed by atoms with Crippen molar-refractivity contribution < 1.29 is 14.6 Å². The van der Waals surface area contributed by atoms with Crippen LogP contribution >= 0.6 is 0 Å². The van der Waals surface area contributed by atoms with Crippen molar-refractivity contribution in [1.29, 1.82) is 0 Å². The Balaban J connectivity index is 2.13. The normalized spacial score (nSPS) is 21.9. The lowest BCUT2D eigenvalue weighted by molar-refractivity contribution is -0.134. The number of nitrogens with zero attached hydrogens (tertiary/aromatic N) is 1. The van der Waals surface area contributed by atoms with E-state index >= 15 is 0 Å². The Kier molecular flexibility index (Phi) is 4.35. The highest BCUT2D eigenvalue weighted by molar-refractivity contribution is 5.79. The van der Waals surface area contributed by atoms with E-state index in [2.05, 4.69) is 9.97 Å². The highest BCUT2D eigenvalue weighted by Gasteiger charge is 2.33. The molecule has 0 bridgehead atoms. The fourth-order valence-corrected chi connectivity index (χ4v) is 2.26. The van der Waals surface area contributed by atoms with Crippen molar-refractivity contribution in [3.8, 4) is 0 Å². The Hall–Kier alpha value is -1.93. The molecule has 2 rings (SSSR count). The molecule has 1 aromatic heterocycles. The smallest absolute Gasteiger partial charge is 0.325 e. The molecule has 3 N–H and O–H groups in total. The van der Waals surface area contributed by atoms with Crippen LogP contribution in [-0.2, 0) is 16.0 Å². The highest BCUT2D eigenvalue weighted by atomic mass is 16.5. The number of H-pyrrole nitrogens is 2. The maximum atomic E-state index is 12.2. The number of rotatable bonds is 4. The molecule has 1 fully saturated rings. The first-order valence-electron chi connectivity index (χ1n) is 6.39. The first-order valence-corrected chi connectivity index (χ1v) is 6.39. The molecule has 110 valence electrons. The standard InChI is InChI=1S/C12H17N3O5/c1-2-15(8-5-20-6-9(8)16)10(17)3-7-4-13-12(19)14-11(7)18/h4,8-9,16H,2-3,5-6H2,1H3,(H2,13,14,18,19)/t8-,9-/m0/s1. The summed E-state index contributed by atoms with van der Waals surface area (Å²) in [6.45, 7) is 2.68. The van der Waals surface area contributed by atoms with Gasteiger partial charge >= 0.3 is 5.69 Å². The van der Waals surface area contributed by atoms with Gasteiger partial charge in [0.1, 0.15) is 0 Å². The zero-order chi connectivity index (χ0) is 14.7. The van der Waals surface area contributed by atoms with Crippen LogP contribution in [0.4, 0.5) is 0 Å². The molecule has 8 nitrogen and oxygen atoms in total. The lowest BCUT2D eigenvalue weighted by atomic mass is 10.1. The minimum atomic E-state index is -0.715. The van der Waals surface area contributed by atoms with Crippen molar-refractivity contribution in [3.63, 3.8) is 0 Å². The average Bonchev–Trinajstić information content (AvgIpc) is 2.80. The summed E-state index contributed by atoms with van der Waals surface area (Å²) in [6.07, 6.45) is 0.380. The Labute approximate surface area is 114 Å². The number of nitrogens with one attached hydrogen (secondary N) is 2. The second-order valence-corrected chi connectivity index (χ2v) is 4.63. The number of ether oxygens (including phenoxy) is 1. The predicted octanol–water partition coefficient (Wildman–Crippen LogP) is -1.79. The fourth-order valence-electron chi connectivity index (χ4n) is 2.26. The number of carbonyl (C=O) groups is 1. The molecule has 1 aliphatic rings. The van der Waals surface area contributed by atoms with E-state index in [0.717, 1.165) is 0 Å². The minimum Gasteiger partial charge on any atom is -0.388 e. The number of aliphatic hydroxyl groups excluding tert-OH is 1. The molecule has 1 saturated heterocycles. The van der Waals surface area contributed by atoms with Crippen molar-refractivity contribution in [2.45, 2.75) is 25.5 Å². The summed E-state index contributed by atoms with van der Waals surface area (Å²) in [7, 11) is 0. The summed E-state index contributed by atoms with van der Waals surface area (Å²) in [5.41, 5.74) is -1.01. The maximum Gasteiger partial charge on any atom is 0.325 e. The van der Waals surface area contributed by atoms with Gasteiger partial charge in [0.2, 0.25) is 5.91 Å². The number of aromatic amines is 2. The van der Waals surface area contributed by atoms with E-state index in [-0.39, 0.29) is 31.1 Å². The van der Waals surface area contributed by atoms with Gasteiger partial charge in [-0.3, -0.25) is 14.6 Å². The number of hydrogen-bond acceptors (Lipinski definition) is 5. The SMILES string of the molecule is CCN(C(=O)Cc1c[nH]c(=O)[nH]c1=O)[C@H]1COC[C@@H]1O. The van der Waals surface area contributed by atoms with Crippen molar-refractivity contribution in [2.24, 2.45) is 0 Å². The monoisotopic (exact) mass is 283 g/mol. The van der Waals surface area contributed by atoms with Gasteiger partial charge in [0.25, 0.3) is 5.56 Å². The second-order valence-electron chi connectivity index (χ2n) is 4.63. The molecule has 2 atom stereocenters. The Morgan fingerprint density at radius 2 is 2.25 bits per heavy atom. The van der Waals surface area contributed by atoms with E-state index in [1.54, 1.807) is 6.92 Å². The zero-order valence-corrected chi connectivity index (χ0v) is 11.1. The van der Waals surface area contributed by atoms with Gasteiger partial charge in [-0.1, -0.05) is 0 Å². The molecule has 0 unspecified atom stereocenters. The molecular formula is C12H17N3O5. The van der Waals surface area contributed by atoms with E-state index in [1.165, 1.54) is 11.1 Å². The van der Waals surface area contributed by atoms with E-state index in [0.29, 0.717) is 6.54 Å². The molecule has 0 aliphatic carbocycles. The molecule has 1 amide bonds. The Morgan fingerprint density at radius 3 is 2.80 bits per heavy atom. The second kappa shape index (κ2) is 6.02. The van der Waals surface area contributed by atoms with Crippen LogP contribution in [0, 0.1) is 0 Å². The fraction of sp³-hybridized carbons (Fsp3) is 0.583. The van der Waals surface area contributed by atoms with Crippen LogP contribution in [0.2, 0.25) is 0 Å². The van der Waals surface area contributed by atoms with Gasteiger partial charge in [0.15, 0.2) is 0 Å². The summed E-state index contributed by atoms with van der Waals surface area (Å²) < 4.78 is 5.13. The molecule has 1 aliphatic heterocycles. The van der Waals surface area contributed by atoms with E-state index in [4.69, 9.17) is 4.74 Å². The van der Waals surface area contributed by atoms with Crippen LogP contribution in [0.15, 0.2) is 15.8 Å². The minimum absolute atomic E-state index is 0.136. The lowest BCUT2D eigenvalue weighted by Gasteiger charge is -2.28. The largest absolute Gasteiger partial charge is 0.388 e. The topological polar surface area (TPSA) is 115 Å². The number of aliphatic hydroxyl groups is 1. The predicted molar refractivity (Wildman–Crippen MR) is 69.4 cm³/mol. The Morgan fingerprint density at radius 1 is 1.50 bits per heavy atom. The Bertz CT molecular complexity index is 593. The molecule has 0 radical (unpaired) electrons. The summed E-state index contributed by atoms with van der Waals surface area (Å²) in [4.78, 5) is 40.6. The van der Waals surface area contributed by atoms with Crippen molar-refractivity contribution in [1.82, 2.24) is 14.9 Å². The lowest BCUT2D eigenvalue weighted by Crippen LogP contribution is -2.47. The third-order valence-corrected chi connectivity index (χ3v) is 3.32. The van der Waals surface area contributed by atoms with Crippen molar-refractivity contribution in [3.05, 3.63) is 32.6 Å². The van der Waals surface area contributed by atoms with Crippen molar-refractivity contribution in [2.75, 3.05) is 19.8 Å². The van der Waals surface area contributed by atoms with Gasteiger partial charge < -0.3 is 19.7 Å². The van der Waals surface area contributed by atoms with Gasteiger partial charge in [-0.25, -0.2) is 4.79 Å². The van der Waals surface area contributed by atoms with Gasteiger partial charge in [-0.05, 0) is 6.92 Å². The number of hydrogen-bond donors (Lipinski definition) is 3. The first-order chi connectivity index (χ1) is 9.52. The molecule has 1 aromatic rings. The molecule has 20 heavy (non-hydrogen) atoms. The molecule has 0 saturated carbocycles. The number of aromatic nitrogens is 2. The third kappa shape index (κ3) is 2.97. The van der Waals surface area contributed by atoms with Crippen LogP contribution in [0.3, 0.4) is 0 Å². The zero-order valence-electron chi connectivity index (χ0n) is 11.1. The summed E-state index contributed by atoms with van der Waals surface area (Å²) >= 11 is 0. The van der Waals surface area contributed by atoms with Crippen LogP contribution in [0.25, 0.3) is 0 Å². The van der Waals surface area contributed by atoms with Crippen LogP contribution in [0.1, 0.15) is 12.5 Å². The van der Waals surface area contributed by atoms with E-state index in [9.17, 15) is 19.5 Å². The van der Waals surface area contributed by atoms with Gasteiger partial charge in [0.05, 0.1) is 31.8 Å². The first kappa shape index (κ1) is 14.5. The number of amides is 1. The molecule has 0 spiro atoms. The molecular weight excluding hydrogens is 266 g/mol. The van der Waals surface area contributed by atoms with Gasteiger partial charge in [-0.15, -0.1) is 0 Å².